The lowest BCUT2D eigenvalue weighted by Gasteiger charge is -2.36. The summed E-state index contributed by atoms with van der Waals surface area (Å²) < 4.78 is 0. The van der Waals surface area contributed by atoms with Crippen molar-refractivity contribution in [1.82, 2.24) is 10.3 Å². The van der Waals surface area contributed by atoms with E-state index in [-0.39, 0.29) is 24.8 Å². The summed E-state index contributed by atoms with van der Waals surface area (Å²) in [5, 5.41) is 3.49. The Morgan fingerprint density at radius 3 is 2.82 bits per heavy atom. The third-order valence-electron chi connectivity index (χ3n) is 3.78. The van der Waals surface area contributed by atoms with Crippen LogP contribution in [0, 0.1) is 0 Å². The Bertz CT molecular complexity index is 333. The molecule has 2 fully saturated rings. The number of pyridine rings is 1. The summed E-state index contributed by atoms with van der Waals surface area (Å²) in [5.41, 5.74) is 1.68. The fourth-order valence-electron chi connectivity index (χ4n) is 3.03. The Morgan fingerprint density at radius 1 is 1.29 bits per heavy atom. The van der Waals surface area contributed by atoms with E-state index in [1.54, 1.807) is 0 Å². The van der Waals surface area contributed by atoms with Crippen molar-refractivity contribution < 1.29 is 0 Å². The lowest BCUT2D eigenvalue weighted by atomic mass is 9.95. The molecule has 0 radical (unpaired) electrons. The molecule has 2 aliphatic heterocycles. The predicted molar refractivity (Wildman–Crippen MR) is 75.5 cm³/mol. The lowest BCUT2D eigenvalue weighted by molar-refractivity contribution is 0.466. The molecule has 3 heterocycles. The summed E-state index contributed by atoms with van der Waals surface area (Å²) in [6.07, 6.45) is 7.76. The van der Waals surface area contributed by atoms with Gasteiger partial charge in [0.05, 0.1) is 17.4 Å². The SMILES string of the molecule is Cl.Cl.c1cncc(N2CCCC23CCNC3)c1. The smallest absolute Gasteiger partial charge is 0.0557 e. The maximum absolute atomic E-state index is 4.22. The number of hydrogen-bond acceptors (Lipinski definition) is 3. The monoisotopic (exact) mass is 275 g/mol. The molecule has 3 rings (SSSR count). The molecule has 0 saturated carbocycles. The van der Waals surface area contributed by atoms with Gasteiger partial charge in [0.25, 0.3) is 0 Å². The minimum absolute atomic E-state index is 0. The molecule has 5 heteroatoms. The predicted octanol–water partition coefficient (Wildman–Crippen LogP) is 2.26. The molecule has 3 nitrogen and oxygen atoms in total. The molecule has 2 saturated heterocycles. The molecular weight excluding hydrogens is 257 g/mol. The van der Waals surface area contributed by atoms with Crippen LogP contribution < -0.4 is 10.2 Å². The molecule has 0 aliphatic carbocycles. The zero-order valence-corrected chi connectivity index (χ0v) is 11.4. The third-order valence-corrected chi connectivity index (χ3v) is 3.78. The van der Waals surface area contributed by atoms with Crippen molar-refractivity contribution in [2.45, 2.75) is 24.8 Å². The van der Waals surface area contributed by atoms with E-state index in [0.29, 0.717) is 5.54 Å². The van der Waals surface area contributed by atoms with E-state index in [2.05, 4.69) is 21.3 Å². The van der Waals surface area contributed by atoms with Gasteiger partial charge in [0.1, 0.15) is 0 Å². The van der Waals surface area contributed by atoms with Gasteiger partial charge in [-0.25, -0.2) is 0 Å². The van der Waals surface area contributed by atoms with Gasteiger partial charge in [-0.2, -0.15) is 0 Å². The molecule has 1 spiro atoms. The van der Waals surface area contributed by atoms with Crippen molar-refractivity contribution in [3.05, 3.63) is 24.5 Å². The largest absolute Gasteiger partial charge is 0.363 e. The summed E-state index contributed by atoms with van der Waals surface area (Å²) in [6, 6.07) is 4.21. The van der Waals surface area contributed by atoms with Crippen LogP contribution in [0.3, 0.4) is 0 Å². The van der Waals surface area contributed by atoms with E-state index >= 15 is 0 Å². The van der Waals surface area contributed by atoms with Gasteiger partial charge in [-0.15, -0.1) is 24.8 Å². The molecule has 2 aliphatic rings. The highest BCUT2D eigenvalue weighted by atomic mass is 35.5. The van der Waals surface area contributed by atoms with Crippen molar-refractivity contribution in [2.75, 3.05) is 24.5 Å². The number of nitrogens with zero attached hydrogens (tertiary/aromatic N) is 2. The van der Waals surface area contributed by atoms with Gasteiger partial charge >= 0.3 is 0 Å². The minimum Gasteiger partial charge on any atom is -0.363 e. The first kappa shape index (κ1) is 14.6. The fraction of sp³-hybridized carbons (Fsp3) is 0.583. The van der Waals surface area contributed by atoms with Crippen LogP contribution in [0.4, 0.5) is 5.69 Å². The van der Waals surface area contributed by atoms with E-state index in [9.17, 15) is 0 Å². The van der Waals surface area contributed by atoms with Gasteiger partial charge in [-0.1, -0.05) is 0 Å². The molecule has 0 aromatic carbocycles. The van der Waals surface area contributed by atoms with Crippen molar-refractivity contribution in [3.63, 3.8) is 0 Å². The van der Waals surface area contributed by atoms with Crippen LogP contribution in [0.1, 0.15) is 19.3 Å². The van der Waals surface area contributed by atoms with Crippen molar-refractivity contribution >= 4 is 30.5 Å². The average molecular weight is 276 g/mol. The molecule has 17 heavy (non-hydrogen) atoms. The second kappa shape index (κ2) is 5.89. The van der Waals surface area contributed by atoms with Crippen LogP contribution >= 0.6 is 24.8 Å². The second-order valence-corrected chi connectivity index (χ2v) is 4.62. The van der Waals surface area contributed by atoms with Crippen LogP contribution in [0.25, 0.3) is 0 Å². The molecule has 96 valence electrons. The Morgan fingerprint density at radius 2 is 2.18 bits per heavy atom. The van der Waals surface area contributed by atoms with Crippen molar-refractivity contribution in [3.8, 4) is 0 Å². The van der Waals surface area contributed by atoms with Crippen LogP contribution in [-0.2, 0) is 0 Å². The van der Waals surface area contributed by atoms with Crippen LogP contribution in [0.5, 0.6) is 0 Å². The van der Waals surface area contributed by atoms with E-state index in [4.69, 9.17) is 0 Å². The first-order valence-electron chi connectivity index (χ1n) is 5.79. The number of rotatable bonds is 1. The standard InChI is InChI=1S/C12H17N3.2ClH/c1-3-11(9-13-6-1)15-8-2-4-12(15)5-7-14-10-12;;/h1,3,6,9,14H,2,4-5,7-8,10H2;2*1H. The highest BCUT2D eigenvalue weighted by Crippen LogP contribution is 2.37. The topological polar surface area (TPSA) is 28.2 Å². The Balaban J connectivity index is 0.000000722. The summed E-state index contributed by atoms with van der Waals surface area (Å²) in [7, 11) is 0. The van der Waals surface area contributed by atoms with E-state index in [0.717, 1.165) is 13.1 Å². The number of halogens is 2. The van der Waals surface area contributed by atoms with E-state index in [1.807, 2.05) is 18.5 Å². The molecule has 0 bridgehead atoms. The van der Waals surface area contributed by atoms with Gasteiger partial charge in [0.15, 0.2) is 0 Å². The van der Waals surface area contributed by atoms with Crippen molar-refractivity contribution in [2.24, 2.45) is 0 Å². The summed E-state index contributed by atoms with van der Waals surface area (Å²) in [6.45, 7) is 3.49. The summed E-state index contributed by atoms with van der Waals surface area (Å²) >= 11 is 0. The second-order valence-electron chi connectivity index (χ2n) is 4.62. The normalized spacial score (nSPS) is 26.7. The van der Waals surface area contributed by atoms with Gasteiger partial charge in [0, 0.05) is 19.3 Å². The molecule has 1 aromatic rings. The van der Waals surface area contributed by atoms with Gasteiger partial charge < -0.3 is 10.2 Å². The van der Waals surface area contributed by atoms with E-state index in [1.165, 1.54) is 31.5 Å². The molecule has 0 amide bonds. The highest BCUT2D eigenvalue weighted by Gasteiger charge is 2.42. The minimum atomic E-state index is 0. The number of hydrogen-bond donors (Lipinski definition) is 1. The van der Waals surface area contributed by atoms with E-state index < -0.39 is 0 Å². The zero-order chi connectivity index (χ0) is 10.1. The number of nitrogens with one attached hydrogen (secondary N) is 1. The van der Waals surface area contributed by atoms with Gasteiger partial charge in [-0.3, -0.25) is 4.98 Å². The first-order valence-corrected chi connectivity index (χ1v) is 5.79. The molecule has 1 unspecified atom stereocenters. The fourth-order valence-corrected chi connectivity index (χ4v) is 3.03. The summed E-state index contributed by atoms with van der Waals surface area (Å²) in [4.78, 5) is 6.78. The third kappa shape index (κ3) is 2.51. The van der Waals surface area contributed by atoms with Crippen LogP contribution in [-0.4, -0.2) is 30.2 Å². The number of aromatic nitrogens is 1. The summed E-state index contributed by atoms with van der Waals surface area (Å²) in [5.74, 6) is 0. The highest BCUT2D eigenvalue weighted by molar-refractivity contribution is 5.85. The Kier molecular flexibility index (Phi) is 5.04. The van der Waals surface area contributed by atoms with Gasteiger partial charge in [0.2, 0.25) is 0 Å². The molecule has 1 aromatic heterocycles. The maximum atomic E-state index is 4.22. The quantitative estimate of drug-likeness (QED) is 0.852. The average Bonchev–Trinajstić information content (AvgIpc) is 2.91. The lowest BCUT2D eigenvalue weighted by Crippen LogP contribution is -2.45. The number of anilines is 1. The van der Waals surface area contributed by atoms with Crippen LogP contribution in [0.2, 0.25) is 0 Å². The van der Waals surface area contributed by atoms with Gasteiger partial charge in [-0.05, 0) is 37.9 Å². The first-order chi connectivity index (χ1) is 7.41. The van der Waals surface area contributed by atoms with Crippen LogP contribution in [0.15, 0.2) is 24.5 Å². The molecule has 1 atom stereocenters. The Labute approximate surface area is 115 Å². The zero-order valence-electron chi connectivity index (χ0n) is 9.76. The van der Waals surface area contributed by atoms with Crippen molar-refractivity contribution in [1.29, 1.82) is 0 Å². The molecule has 1 N–H and O–H groups in total. The maximum Gasteiger partial charge on any atom is 0.0557 e. The molecular formula is C12H19Cl2N3. The Hall–Kier alpha value is -0.510.